The highest BCUT2D eigenvalue weighted by Crippen LogP contribution is 2.15. The van der Waals surface area contributed by atoms with Crippen LogP contribution in [0.15, 0.2) is 29.1 Å². The van der Waals surface area contributed by atoms with Gasteiger partial charge in [-0.15, -0.1) is 11.3 Å². The molecule has 10 heteroatoms. The van der Waals surface area contributed by atoms with Crippen molar-refractivity contribution >= 4 is 46.3 Å². The Labute approximate surface area is 177 Å². The molecule has 0 bridgehead atoms. The van der Waals surface area contributed by atoms with Crippen LogP contribution >= 0.6 is 11.3 Å². The molecule has 2 rings (SSSR count). The van der Waals surface area contributed by atoms with Crippen molar-refractivity contribution in [3.63, 3.8) is 0 Å². The largest absolute Gasteiger partial charge is 0.375 e. The van der Waals surface area contributed by atoms with Gasteiger partial charge in [0.25, 0.3) is 11.5 Å². The molecule has 2 amide bonds. The Hall–Kier alpha value is -3.42. The number of nitriles is 1. The number of amides is 2. The molecule has 3 N–H and O–H groups in total. The van der Waals surface area contributed by atoms with E-state index in [1.807, 2.05) is 6.07 Å². The Morgan fingerprint density at radius 3 is 2.67 bits per heavy atom. The second kappa shape index (κ2) is 10.9. The number of carbonyl (C=O) groups is 2. The second-order valence-corrected chi connectivity index (χ2v) is 7.05. The first-order chi connectivity index (χ1) is 14.4. The summed E-state index contributed by atoms with van der Waals surface area (Å²) >= 11 is 1.06. The van der Waals surface area contributed by atoms with Gasteiger partial charge in [0, 0.05) is 37.8 Å². The van der Waals surface area contributed by atoms with Crippen LogP contribution in [-0.2, 0) is 20.9 Å². The van der Waals surface area contributed by atoms with Gasteiger partial charge in [-0.25, -0.2) is 0 Å². The van der Waals surface area contributed by atoms with Gasteiger partial charge in [0.05, 0.1) is 0 Å². The number of rotatable bonds is 8. The van der Waals surface area contributed by atoms with Crippen molar-refractivity contribution in [2.24, 2.45) is 0 Å². The fourth-order valence-electron chi connectivity index (χ4n) is 2.60. The number of hydrogen-bond acceptors (Lipinski definition) is 7. The molecule has 0 spiro atoms. The van der Waals surface area contributed by atoms with Crippen LogP contribution in [0.3, 0.4) is 0 Å². The highest BCUT2D eigenvalue weighted by Gasteiger charge is 2.14. The molecule has 0 aliphatic rings. The zero-order valence-electron chi connectivity index (χ0n) is 16.9. The Morgan fingerprint density at radius 2 is 2.03 bits per heavy atom. The fraction of sp³-hybridized carbons (Fsp3) is 0.300. The molecule has 0 aliphatic heterocycles. The van der Waals surface area contributed by atoms with Crippen molar-refractivity contribution in [1.82, 2.24) is 9.88 Å². The van der Waals surface area contributed by atoms with E-state index in [0.717, 1.165) is 11.3 Å². The Morgan fingerprint density at radius 1 is 1.30 bits per heavy atom. The third kappa shape index (κ3) is 5.56. The monoisotopic (exact) mass is 429 g/mol. The first-order valence-corrected chi connectivity index (χ1v) is 10.0. The molecular formula is C20H23N5O4S. The number of hydrogen-bond donors (Lipinski definition) is 3. The summed E-state index contributed by atoms with van der Waals surface area (Å²) in [6.45, 7) is 4.17. The summed E-state index contributed by atoms with van der Waals surface area (Å²) < 4.78 is 6.84. The van der Waals surface area contributed by atoms with E-state index in [9.17, 15) is 19.6 Å². The predicted octanol–water partition coefficient (Wildman–Crippen LogP) is 0.175. The van der Waals surface area contributed by atoms with Crippen molar-refractivity contribution in [1.29, 1.82) is 5.26 Å². The molecule has 0 saturated heterocycles. The Bertz CT molecular complexity index is 1140. The average molecular weight is 430 g/mol. The Balaban J connectivity index is 2.41. The molecule has 0 aliphatic carbocycles. The molecule has 0 radical (unpaired) electrons. The van der Waals surface area contributed by atoms with Gasteiger partial charge in [-0.2, -0.15) is 5.26 Å². The molecule has 0 saturated carbocycles. The highest BCUT2D eigenvalue weighted by molar-refractivity contribution is 7.07. The maximum atomic E-state index is 12.7. The van der Waals surface area contributed by atoms with Gasteiger partial charge in [0.15, 0.2) is 5.57 Å². The van der Waals surface area contributed by atoms with Crippen LogP contribution < -0.4 is 30.7 Å². The minimum Gasteiger partial charge on any atom is -0.375 e. The van der Waals surface area contributed by atoms with E-state index in [0.29, 0.717) is 33.7 Å². The molecule has 30 heavy (non-hydrogen) atoms. The first kappa shape index (κ1) is 22.9. The first-order valence-electron chi connectivity index (χ1n) is 9.22. The van der Waals surface area contributed by atoms with Crippen molar-refractivity contribution in [3.05, 3.63) is 43.8 Å². The molecular weight excluding hydrogens is 406 g/mol. The molecule has 2 aromatic rings. The second-order valence-electron chi connectivity index (χ2n) is 6.02. The fourth-order valence-corrected chi connectivity index (χ4v) is 3.69. The summed E-state index contributed by atoms with van der Waals surface area (Å²) in [7, 11) is 1.44. The quantitative estimate of drug-likeness (QED) is 0.550. The van der Waals surface area contributed by atoms with Gasteiger partial charge >= 0.3 is 0 Å². The lowest BCUT2D eigenvalue weighted by atomic mass is 10.2. The lowest BCUT2D eigenvalue weighted by Crippen LogP contribution is -2.34. The van der Waals surface area contributed by atoms with Crippen LogP contribution in [0.4, 0.5) is 11.4 Å². The number of ether oxygens (including phenoxy) is 1. The van der Waals surface area contributed by atoms with Crippen LogP contribution in [0.25, 0.3) is 11.8 Å². The van der Waals surface area contributed by atoms with Crippen molar-refractivity contribution in [2.45, 2.75) is 20.4 Å². The smallest absolute Gasteiger partial charge is 0.270 e. The van der Waals surface area contributed by atoms with Gasteiger partial charge in [-0.1, -0.05) is 6.07 Å². The normalized spacial score (nSPS) is 12.1. The number of nitrogens with zero attached hydrogens (tertiary/aromatic N) is 2. The minimum absolute atomic E-state index is 0.0539. The van der Waals surface area contributed by atoms with Crippen LogP contribution in [0.5, 0.6) is 0 Å². The number of anilines is 2. The molecule has 1 heterocycles. The lowest BCUT2D eigenvalue weighted by molar-refractivity contribution is -0.119. The van der Waals surface area contributed by atoms with Crippen molar-refractivity contribution in [2.75, 3.05) is 30.9 Å². The zero-order valence-corrected chi connectivity index (χ0v) is 17.8. The minimum atomic E-state index is -0.512. The lowest BCUT2D eigenvalue weighted by Gasteiger charge is -2.06. The summed E-state index contributed by atoms with van der Waals surface area (Å²) in [5.41, 5.74) is 0.829. The van der Waals surface area contributed by atoms with Crippen molar-refractivity contribution in [3.8, 4) is 6.07 Å². The van der Waals surface area contributed by atoms with Crippen LogP contribution in [0.2, 0.25) is 0 Å². The zero-order chi connectivity index (χ0) is 22.1. The molecule has 158 valence electrons. The van der Waals surface area contributed by atoms with E-state index < -0.39 is 5.91 Å². The van der Waals surface area contributed by atoms with E-state index in [2.05, 4.69) is 16.0 Å². The number of nitrogens with one attached hydrogen (secondary N) is 3. The third-order valence-electron chi connectivity index (χ3n) is 3.91. The molecule has 1 aromatic heterocycles. The number of benzene rings is 1. The number of thiazole rings is 1. The van der Waals surface area contributed by atoms with Gasteiger partial charge < -0.3 is 20.7 Å². The summed E-state index contributed by atoms with van der Waals surface area (Å²) in [6, 6.07) is 8.86. The third-order valence-corrected chi connectivity index (χ3v) is 5.04. The predicted molar refractivity (Wildman–Crippen MR) is 116 cm³/mol. The molecule has 1 aromatic carbocycles. The van der Waals surface area contributed by atoms with Crippen LogP contribution in [-0.4, -0.2) is 36.6 Å². The SMILES string of the molecule is CCNC(=O)/C(C#N)=c1\s/c(=C/Nc2cccc(NC(=O)COC)c2)c(=O)n1CC. The molecule has 0 unspecified atom stereocenters. The average Bonchev–Trinajstić information content (AvgIpc) is 3.03. The van der Waals surface area contributed by atoms with Gasteiger partial charge in [-0.05, 0) is 32.0 Å². The van der Waals surface area contributed by atoms with Crippen LogP contribution in [0.1, 0.15) is 13.8 Å². The van der Waals surface area contributed by atoms with Crippen molar-refractivity contribution < 1.29 is 14.3 Å². The van der Waals surface area contributed by atoms with Gasteiger partial charge in [0.2, 0.25) is 5.91 Å². The summed E-state index contributed by atoms with van der Waals surface area (Å²) in [5.74, 6) is -0.792. The topological polar surface area (TPSA) is 125 Å². The van der Waals surface area contributed by atoms with E-state index in [-0.39, 0.29) is 23.6 Å². The number of carbonyl (C=O) groups excluding carboxylic acids is 2. The summed E-state index contributed by atoms with van der Waals surface area (Å²) in [6.07, 6.45) is 1.52. The van der Waals surface area contributed by atoms with E-state index in [4.69, 9.17) is 4.74 Å². The molecule has 9 nitrogen and oxygen atoms in total. The van der Waals surface area contributed by atoms with Gasteiger partial charge in [0.1, 0.15) is 21.9 Å². The maximum Gasteiger partial charge on any atom is 0.270 e. The molecule has 0 atom stereocenters. The standard InChI is InChI=1S/C20H23N5O4S/c1-4-22-18(27)15(10-21)20-25(5-2)19(28)16(30-20)11-23-13-7-6-8-14(9-13)24-17(26)12-29-3/h6-9,11,23H,4-5,12H2,1-3H3,(H,22,27)(H,24,26)/b16-11+,20-15-. The van der Waals surface area contributed by atoms with E-state index in [1.54, 1.807) is 38.1 Å². The highest BCUT2D eigenvalue weighted by atomic mass is 32.1. The molecule has 0 fully saturated rings. The number of methoxy groups -OCH3 is 1. The maximum absolute atomic E-state index is 12.7. The Kier molecular flexibility index (Phi) is 8.34. The summed E-state index contributed by atoms with van der Waals surface area (Å²) in [4.78, 5) is 36.5. The number of aromatic nitrogens is 1. The summed E-state index contributed by atoms with van der Waals surface area (Å²) in [5, 5.41) is 17.7. The van der Waals surface area contributed by atoms with E-state index >= 15 is 0 Å². The van der Waals surface area contributed by atoms with Gasteiger partial charge in [-0.3, -0.25) is 19.0 Å². The van der Waals surface area contributed by atoms with E-state index in [1.165, 1.54) is 17.9 Å². The van der Waals surface area contributed by atoms with Crippen LogP contribution in [0, 0.1) is 11.3 Å².